The number of aliphatic hydroxyl groups is 1. The molecule has 1 aromatic heterocycles. The molecule has 2 rings (SSSR count). The second-order valence-electron chi connectivity index (χ2n) is 3.81. The molecule has 0 spiro atoms. The molecule has 0 radical (unpaired) electrons. The van der Waals surface area contributed by atoms with Crippen molar-refractivity contribution in [2.75, 3.05) is 30.8 Å². The van der Waals surface area contributed by atoms with E-state index in [0.717, 1.165) is 0 Å². The van der Waals surface area contributed by atoms with Crippen molar-refractivity contribution < 1.29 is 9.84 Å². The van der Waals surface area contributed by atoms with Crippen molar-refractivity contribution in [1.82, 2.24) is 9.97 Å². The molecule has 1 unspecified atom stereocenters. The Bertz CT molecular complexity index is 382. The van der Waals surface area contributed by atoms with Crippen LogP contribution in [0.3, 0.4) is 0 Å². The topological polar surface area (TPSA) is 93.3 Å². The maximum absolute atomic E-state index is 10.0. The van der Waals surface area contributed by atoms with E-state index >= 15 is 0 Å². The molecule has 16 heavy (non-hydrogen) atoms. The van der Waals surface area contributed by atoms with E-state index in [9.17, 15) is 5.11 Å². The van der Waals surface area contributed by atoms with Crippen LogP contribution in [0.1, 0.15) is 6.42 Å². The van der Waals surface area contributed by atoms with Crippen molar-refractivity contribution in [3.8, 4) is 0 Å². The first-order valence-electron chi connectivity index (χ1n) is 4.91. The second-order valence-corrected chi connectivity index (χ2v) is 4.66. The van der Waals surface area contributed by atoms with E-state index < -0.39 is 5.60 Å². The molecular weight excluding hydrogens is 276 g/mol. The highest BCUT2D eigenvalue weighted by molar-refractivity contribution is 9.10. The third kappa shape index (κ3) is 2.60. The number of hydrogen-bond acceptors (Lipinski definition) is 6. The van der Waals surface area contributed by atoms with Gasteiger partial charge in [-0.3, -0.25) is 0 Å². The van der Waals surface area contributed by atoms with E-state index in [4.69, 9.17) is 10.5 Å². The molecule has 0 bridgehead atoms. The van der Waals surface area contributed by atoms with E-state index in [2.05, 4.69) is 31.2 Å². The van der Waals surface area contributed by atoms with E-state index in [1.54, 1.807) is 6.20 Å². The van der Waals surface area contributed by atoms with Gasteiger partial charge in [-0.1, -0.05) is 0 Å². The van der Waals surface area contributed by atoms with E-state index in [-0.39, 0.29) is 5.95 Å². The number of hydrogen-bond donors (Lipinski definition) is 3. The Labute approximate surface area is 101 Å². The minimum absolute atomic E-state index is 0.195. The molecule has 1 aliphatic heterocycles. The van der Waals surface area contributed by atoms with Gasteiger partial charge < -0.3 is 20.9 Å². The Kier molecular flexibility index (Phi) is 3.27. The van der Waals surface area contributed by atoms with Crippen LogP contribution in [-0.4, -0.2) is 40.4 Å². The first-order chi connectivity index (χ1) is 7.59. The number of ether oxygens (including phenoxy) is 1. The van der Waals surface area contributed by atoms with Crippen LogP contribution in [0.15, 0.2) is 10.7 Å². The number of anilines is 2. The van der Waals surface area contributed by atoms with Gasteiger partial charge >= 0.3 is 0 Å². The van der Waals surface area contributed by atoms with E-state index in [0.29, 0.717) is 36.5 Å². The average molecular weight is 289 g/mol. The fourth-order valence-electron chi connectivity index (χ4n) is 1.49. The van der Waals surface area contributed by atoms with Crippen molar-refractivity contribution in [3.05, 3.63) is 10.7 Å². The molecule has 0 aliphatic carbocycles. The van der Waals surface area contributed by atoms with Gasteiger partial charge in [0.2, 0.25) is 5.95 Å². The lowest BCUT2D eigenvalue weighted by molar-refractivity contribution is 0.0381. The normalized spacial score (nSPS) is 24.6. The Hall–Kier alpha value is -0.920. The van der Waals surface area contributed by atoms with Crippen molar-refractivity contribution in [1.29, 1.82) is 0 Å². The zero-order valence-electron chi connectivity index (χ0n) is 8.61. The fourth-order valence-corrected chi connectivity index (χ4v) is 1.82. The SMILES string of the molecule is Nc1ncc(Br)c(NCC2(O)CCOC2)n1. The molecule has 88 valence electrons. The van der Waals surface area contributed by atoms with Crippen LogP contribution in [0.4, 0.5) is 11.8 Å². The lowest BCUT2D eigenvalue weighted by Gasteiger charge is -2.21. The summed E-state index contributed by atoms with van der Waals surface area (Å²) in [5.74, 6) is 0.771. The van der Waals surface area contributed by atoms with Gasteiger partial charge in [-0.15, -0.1) is 0 Å². The lowest BCUT2D eigenvalue weighted by atomic mass is 10.0. The molecule has 1 aliphatic rings. The molecule has 0 amide bonds. The third-order valence-electron chi connectivity index (χ3n) is 2.43. The molecule has 1 fully saturated rings. The Morgan fingerprint density at radius 3 is 3.19 bits per heavy atom. The first-order valence-corrected chi connectivity index (χ1v) is 5.70. The monoisotopic (exact) mass is 288 g/mol. The summed E-state index contributed by atoms with van der Waals surface area (Å²) in [5.41, 5.74) is 4.65. The molecule has 1 saturated heterocycles. The second kappa shape index (κ2) is 4.52. The van der Waals surface area contributed by atoms with Gasteiger partial charge in [0.05, 0.1) is 11.1 Å². The summed E-state index contributed by atoms with van der Waals surface area (Å²) < 4.78 is 5.86. The summed E-state index contributed by atoms with van der Waals surface area (Å²) in [7, 11) is 0. The number of nitrogens with zero attached hydrogens (tertiary/aromatic N) is 2. The van der Waals surface area contributed by atoms with Crippen LogP contribution in [0, 0.1) is 0 Å². The maximum Gasteiger partial charge on any atom is 0.221 e. The zero-order chi connectivity index (χ0) is 11.6. The standard InChI is InChI=1S/C9H13BrN4O2/c10-6-3-12-8(11)14-7(6)13-4-9(15)1-2-16-5-9/h3,15H,1-2,4-5H2,(H3,11,12,13,14). The van der Waals surface area contributed by atoms with Crippen LogP contribution >= 0.6 is 15.9 Å². The Morgan fingerprint density at radius 2 is 2.50 bits per heavy atom. The number of halogens is 1. The van der Waals surface area contributed by atoms with Crippen molar-refractivity contribution in [3.63, 3.8) is 0 Å². The molecule has 0 aromatic carbocycles. The van der Waals surface area contributed by atoms with Gasteiger partial charge in [0.15, 0.2) is 0 Å². The van der Waals surface area contributed by atoms with Gasteiger partial charge in [0, 0.05) is 25.8 Å². The number of aromatic nitrogens is 2. The molecule has 6 nitrogen and oxygen atoms in total. The Morgan fingerprint density at radius 1 is 1.69 bits per heavy atom. The predicted octanol–water partition coefficient (Wildman–Crippen LogP) is 0.385. The zero-order valence-corrected chi connectivity index (χ0v) is 10.2. The highest BCUT2D eigenvalue weighted by Crippen LogP contribution is 2.22. The van der Waals surface area contributed by atoms with Crippen LogP contribution in [0.2, 0.25) is 0 Å². The summed E-state index contributed by atoms with van der Waals surface area (Å²) >= 11 is 3.30. The number of rotatable bonds is 3. The van der Waals surface area contributed by atoms with Gasteiger partial charge in [-0.25, -0.2) is 4.98 Å². The van der Waals surface area contributed by atoms with Crippen molar-refractivity contribution in [2.24, 2.45) is 0 Å². The third-order valence-corrected chi connectivity index (χ3v) is 3.01. The van der Waals surface area contributed by atoms with Crippen LogP contribution < -0.4 is 11.1 Å². The summed E-state index contributed by atoms with van der Waals surface area (Å²) in [4.78, 5) is 7.85. The molecule has 1 atom stereocenters. The van der Waals surface area contributed by atoms with Gasteiger partial charge in [-0.05, 0) is 15.9 Å². The van der Waals surface area contributed by atoms with Crippen LogP contribution in [0.5, 0.6) is 0 Å². The van der Waals surface area contributed by atoms with Gasteiger partial charge in [-0.2, -0.15) is 4.98 Å². The molecule has 2 heterocycles. The smallest absolute Gasteiger partial charge is 0.221 e. The maximum atomic E-state index is 10.0. The summed E-state index contributed by atoms with van der Waals surface area (Å²) in [5, 5.41) is 13.1. The summed E-state index contributed by atoms with van der Waals surface area (Å²) in [6.07, 6.45) is 2.19. The minimum atomic E-state index is -0.820. The van der Waals surface area contributed by atoms with Crippen LogP contribution in [0.25, 0.3) is 0 Å². The average Bonchev–Trinajstić information content (AvgIpc) is 2.67. The minimum Gasteiger partial charge on any atom is -0.386 e. The van der Waals surface area contributed by atoms with Gasteiger partial charge in [0.25, 0.3) is 0 Å². The largest absolute Gasteiger partial charge is 0.386 e. The van der Waals surface area contributed by atoms with E-state index in [1.165, 1.54) is 0 Å². The highest BCUT2D eigenvalue weighted by Gasteiger charge is 2.32. The highest BCUT2D eigenvalue weighted by atomic mass is 79.9. The molecule has 1 aromatic rings. The van der Waals surface area contributed by atoms with E-state index in [1.807, 2.05) is 0 Å². The molecular formula is C9H13BrN4O2. The molecule has 0 saturated carbocycles. The lowest BCUT2D eigenvalue weighted by Crippen LogP contribution is -2.37. The quantitative estimate of drug-likeness (QED) is 0.745. The van der Waals surface area contributed by atoms with Crippen LogP contribution in [-0.2, 0) is 4.74 Å². The summed E-state index contributed by atoms with van der Waals surface area (Å²) in [6.45, 7) is 1.31. The fraction of sp³-hybridized carbons (Fsp3) is 0.556. The van der Waals surface area contributed by atoms with Gasteiger partial charge in [0.1, 0.15) is 11.4 Å². The first kappa shape index (κ1) is 11.6. The summed E-state index contributed by atoms with van der Waals surface area (Å²) in [6, 6.07) is 0. The molecule has 7 heteroatoms. The number of nitrogens with two attached hydrogens (primary N) is 1. The number of nitrogen functional groups attached to an aromatic ring is 1. The van der Waals surface area contributed by atoms with Crippen molar-refractivity contribution >= 4 is 27.7 Å². The molecule has 4 N–H and O–H groups in total. The number of nitrogens with one attached hydrogen (secondary N) is 1. The Balaban J connectivity index is 2.01. The van der Waals surface area contributed by atoms with Crippen molar-refractivity contribution in [2.45, 2.75) is 12.0 Å². The predicted molar refractivity (Wildman–Crippen MR) is 63.0 cm³/mol.